The Morgan fingerprint density at radius 2 is 1.62 bits per heavy atom. The summed E-state index contributed by atoms with van der Waals surface area (Å²) in [5.74, 6) is -0.683. The van der Waals surface area contributed by atoms with Crippen LogP contribution in [0.25, 0.3) is 0 Å². The quantitative estimate of drug-likeness (QED) is 0.514. The first-order valence-electron chi connectivity index (χ1n) is 8.04. The molecule has 124 valence electrons. The summed E-state index contributed by atoms with van der Waals surface area (Å²) < 4.78 is 5.73. The Balaban J connectivity index is 1.79. The number of esters is 1. The van der Waals surface area contributed by atoms with Crippen LogP contribution in [0.5, 0.6) is 0 Å². The lowest BCUT2D eigenvalue weighted by Gasteiger charge is -2.20. The molecule has 1 unspecified atom stereocenters. The van der Waals surface area contributed by atoms with Gasteiger partial charge < -0.3 is 15.4 Å². The van der Waals surface area contributed by atoms with Crippen LogP contribution in [0.3, 0.4) is 0 Å². The molecule has 2 aromatic carbocycles. The van der Waals surface area contributed by atoms with Gasteiger partial charge in [0.25, 0.3) is 0 Å². The van der Waals surface area contributed by atoms with Crippen LogP contribution in [-0.4, -0.2) is 36.0 Å². The number of nitrogens with zero attached hydrogens (tertiary/aromatic N) is 1. The van der Waals surface area contributed by atoms with E-state index in [4.69, 9.17) is 15.9 Å². The summed E-state index contributed by atoms with van der Waals surface area (Å²) in [5, 5.41) is 7.48. The highest BCUT2D eigenvalue weighted by Gasteiger charge is 2.30. The largest absolute Gasteiger partial charge is 0.460 e. The highest BCUT2D eigenvalue weighted by Crippen LogP contribution is 2.27. The predicted molar refractivity (Wildman–Crippen MR) is 92.7 cm³/mol. The maximum Gasteiger partial charge on any atom is 0.318 e. The molecule has 5 heteroatoms. The zero-order valence-corrected chi connectivity index (χ0v) is 13.4. The Labute approximate surface area is 141 Å². The first kappa shape index (κ1) is 16.1. The maximum absolute atomic E-state index is 12.9. The van der Waals surface area contributed by atoms with Crippen LogP contribution in [0.2, 0.25) is 0 Å². The van der Waals surface area contributed by atoms with E-state index in [1.165, 1.54) is 0 Å². The zero-order valence-electron chi connectivity index (χ0n) is 13.4. The van der Waals surface area contributed by atoms with E-state index >= 15 is 0 Å². The van der Waals surface area contributed by atoms with Crippen LogP contribution in [0.4, 0.5) is 0 Å². The van der Waals surface area contributed by atoms with Gasteiger partial charge in [-0.05, 0) is 11.1 Å². The molecule has 0 amide bonds. The minimum absolute atomic E-state index is 0.0243. The molecule has 5 nitrogen and oxygen atoms in total. The summed E-state index contributed by atoms with van der Waals surface area (Å²) in [5.41, 5.74) is 7.33. The van der Waals surface area contributed by atoms with Crippen molar-refractivity contribution in [2.75, 3.05) is 13.1 Å². The van der Waals surface area contributed by atoms with Crippen molar-refractivity contribution in [3.05, 3.63) is 71.8 Å². The minimum Gasteiger partial charge on any atom is -0.460 e. The van der Waals surface area contributed by atoms with Gasteiger partial charge in [0.05, 0.1) is 6.54 Å². The molecular weight excluding hydrogens is 302 g/mol. The molecule has 1 aliphatic heterocycles. The smallest absolute Gasteiger partial charge is 0.318 e. The number of hydrogen-bond acceptors (Lipinski definition) is 3. The molecule has 3 rings (SSSR count). The summed E-state index contributed by atoms with van der Waals surface area (Å²) in [4.78, 5) is 14.6. The predicted octanol–water partition coefficient (Wildman–Crippen LogP) is 2.33. The molecule has 24 heavy (non-hydrogen) atoms. The number of ether oxygens (including phenoxy) is 1. The molecule has 2 aromatic rings. The molecule has 1 heterocycles. The number of carbonyl (C=O) groups is 1. The van der Waals surface area contributed by atoms with Gasteiger partial charge in [-0.1, -0.05) is 60.7 Å². The molecular formula is C19H21N3O2. The lowest BCUT2D eigenvalue weighted by molar-refractivity contribution is -0.149. The van der Waals surface area contributed by atoms with Crippen molar-refractivity contribution in [3.8, 4) is 0 Å². The fourth-order valence-corrected chi connectivity index (χ4v) is 3.03. The average Bonchev–Trinajstić information content (AvgIpc) is 3.06. The third-order valence-corrected chi connectivity index (χ3v) is 4.27. The second-order valence-electron chi connectivity index (χ2n) is 5.93. The lowest BCUT2D eigenvalue weighted by Crippen LogP contribution is -2.36. The van der Waals surface area contributed by atoms with E-state index in [1.807, 2.05) is 60.7 Å². The number of likely N-dealkylation sites (tertiary alicyclic amines) is 1. The second-order valence-corrected chi connectivity index (χ2v) is 5.93. The Morgan fingerprint density at radius 1 is 1.08 bits per heavy atom. The molecule has 1 atom stereocenters. The van der Waals surface area contributed by atoms with Gasteiger partial charge in [-0.25, -0.2) is 0 Å². The molecule has 1 aliphatic rings. The van der Waals surface area contributed by atoms with Crippen LogP contribution in [-0.2, 0) is 9.53 Å². The van der Waals surface area contributed by atoms with Gasteiger partial charge in [0, 0.05) is 13.0 Å². The van der Waals surface area contributed by atoms with Crippen molar-refractivity contribution in [2.45, 2.75) is 18.4 Å². The SMILES string of the molecule is N=C(N)N1CCC(OC(=O)C(c2ccccc2)c2ccccc2)C1. The second kappa shape index (κ2) is 7.17. The van der Waals surface area contributed by atoms with E-state index in [2.05, 4.69) is 0 Å². The molecule has 0 spiro atoms. The van der Waals surface area contributed by atoms with Crippen molar-refractivity contribution >= 4 is 11.9 Å². The number of benzene rings is 2. The lowest BCUT2D eigenvalue weighted by atomic mass is 9.91. The Morgan fingerprint density at radius 3 is 2.08 bits per heavy atom. The molecule has 1 fully saturated rings. The van der Waals surface area contributed by atoms with Crippen molar-refractivity contribution in [2.24, 2.45) is 5.73 Å². The van der Waals surface area contributed by atoms with Crippen molar-refractivity contribution in [1.82, 2.24) is 4.90 Å². The number of nitrogens with two attached hydrogens (primary N) is 1. The van der Waals surface area contributed by atoms with E-state index in [1.54, 1.807) is 4.90 Å². The van der Waals surface area contributed by atoms with Gasteiger partial charge >= 0.3 is 5.97 Å². The van der Waals surface area contributed by atoms with Gasteiger partial charge in [0.15, 0.2) is 5.96 Å². The Hall–Kier alpha value is -2.82. The van der Waals surface area contributed by atoms with Crippen LogP contribution < -0.4 is 5.73 Å². The van der Waals surface area contributed by atoms with Crippen LogP contribution >= 0.6 is 0 Å². The van der Waals surface area contributed by atoms with Crippen molar-refractivity contribution in [3.63, 3.8) is 0 Å². The van der Waals surface area contributed by atoms with Gasteiger partial charge in [-0.15, -0.1) is 0 Å². The van der Waals surface area contributed by atoms with Crippen LogP contribution in [0, 0.1) is 5.41 Å². The topological polar surface area (TPSA) is 79.4 Å². The summed E-state index contributed by atoms with van der Waals surface area (Å²) in [6.45, 7) is 1.13. The van der Waals surface area contributed by atoms with Crippen LogP contribution in [0.15, 0.2) is 60.7 Å². The monoisotopic (exact) mass is 323 g/mol. The zero-order chi connectivity index (χ0) is 16.9. The fraction of sp³-hybridized carbons (Fsp3) is 0.263. The third kappa shape index (κ3) is 3.56. The molecule has 0 aliphatic carbocycles. The summed E-state index contributed by atoms with van der Waals surface area (Å²) in [6, 6.07) is 19.3. The number of hydrogen-bond donors (Lipinski definition) is 2. The highest BCUT2D eigenvalue weighted by atomic mass is 16.5. The fourth-order valence-electron chi connectivity index (χ4n) is 3.03. The van der Waals surface area contributed by atoms with E-state index in [0.29, 0.717) is 19.5 Å². The minimum atomic E-state index is -0.446. The van der Waals surface area contributed by atoms with E-state index < -0.39 is 5.92 Å². The third-order valence-electron chi connectivity index (χ3n) is 4.27. The summed E-state index contributed by atoms with van der Waals surface area (Å²) >= 11 is 0. The van der Waals surface area contributed by atoms with Crippen molar-refractivity contribution in [1.29, 1.82) is 5.41 Å². The van der Waals surface area contributed by atoms with Gasteiger partial charge in [0.1, 0.15) is 12.0 Å². The molecule has 3 N–H and O–H groups in total. The van der Waals surface area contributed by atoms with E-state index in [0.717, 1.165) is 11.1 Å². The van der Waals surface area contributed by atoms with Crippen LogP contribution in [0.1, 0.15) is 23.5 Å². The van der Waals surface area contributed by atoms with E-state index in [9.17, 15) is 4.79 Å². The molecule has 0 aromatic heterocycles. The Kier molecular flexibility index (Phi) is 4.79. The Bertz CT molecular complexity index is 664. The summed E-state index contributed by atoms with van der Waals surface area (Å²) in [6.07, 6.45) is 0.470. The van der Waals surface area contributed by atoms with Crippen molar-refractivity contribution < 1.29 is 9.53 Å². The first-order valence-corrected chi connectivity index (χ1v) is 8.04. The van der Waals surface area contributed by atoms with Gasteiger partial charge in [-0.2, -0.15) is 0 Å². The first-order chi connectivity index (χ1) is 11.6. The molecule has 0 saturated carbocycles. The maximum atomic E-state index is 12.9. The standard InChI is InChI=1S/C19H21N3O2/c20-19(21)22-12-11-16(13-22)24-18(23)17(14-7-3-1-4-8-14)15-9-5-2-6-10-15/h1-10,16-17H,11-13H2,(H3,20,21). The number of nitrogens with one attached hydrogen (secondary N) is 1. The average molecular weight is 323 g/mol. The van der Waals surface area contributed by atoms with E-state index in [-0.39, 0.29) is 18.0 Å². The highest BCUT2D eigenvalue weighted by molar-refractivity contribution is 5.82. The number of guanidine groups is 1. The summed E-state index contributed by atoms with van der Waals surface area (Å²) in [7, 11) is 0. The number of rotatable bonds is 4. The molecule has 1 saturated heterocycles. The molecule has 0 bridgehead atoms. The van der Waals surface area contributed by atoms with Gasteiger partial charge in [-0.3, -0.25) is 10.2 Å². The van der Waals surface area contributed by atoms with Gasteiger partial charge in [0.2, 0.25) is 0 Å². The number of carbonyl (C=O) groups excluding carboxylic acids is 1. The molecule has 0 radical (unpaired) electrons. The normalized spacial score (nSPS) is 17.0.